The Morgan fingerprint density at radius 3 is 2.60 bits per heavy atom. The number of pyridine rings is 1. The highest BCUT2D eigenvalue weighted by molar-refractivity contribution is 5.96. The summed E-state index contributed by atoms with van der Waals surface area (Å²) in [6.45, 7) is 3.87. The molecule has 0 bridgehead atoms. The lowest BCUT2D eigenvalue weighted by Crippen LogP contribution is -2.52. The first kappa shape index (κ1) is 14.3. The number of hydrogen-bond acceptors (Lipinski definition) is 5. The fourth-order valence-electron chi connectivity index (χ4n) is 2.39. The van der Waals surface area contributed by atoms with E-state index in [-0.39, 0.29) is 23.8 Å². The maximum atomic E-state index is 12.4. The van der Waals surface area contributed by atoms with Gasteiger partial charge in [0, 0.05) is 19.3 Å². The molecule has 1 aliphatic heterocycles. The first-order chi connectivity index (χ1) is 9.42. The van der Waals surface area contributed by atoms with E-state index in [9.17, 15) is 19.5 Å². The van der Waals surface area contributed by atoms with Crippen LogP contribution in [0.15, 0.2) is 11.0 Å². The van der Waals surface area contributed by atoms with Crippen LogP contribution in [-0.4, -0.2) is 46.1 Å². The van der Waals surface area contributed by atoms with E-state index in [0.717, 1.165) is 0 Å². The molecule has 7 nitrogen and oxygen atoms in total. The minimum atomic E-state index is -0.834. The Morgan fingerprint density at radius 1 is 1.45 bits per heavy atom. The Labute approximate surface area is 115 Å². The highest BCUT2D eigenvalue weighted by Crippen LogP contribution is 2.25. The maximum Gasteiger partial charge on any atom is 0.276 e. The molecular weight excluding hydrogens is 264 g/mol. The lowest BCUT2D eigenvalue weighted by molar-refractivity contribution is -0.0513. The van der Waals surface area contributed by atoms with Crippen molar-refractivity contribution in [1.29, 1.82) is 0 Å². The molecule has 1 aromatic rings. The summed E-state index contributed by atoms with van der Waals surface area (Å²) in [5, 5.41) is 9.90. The predicted molar refractivity (Wildman–Crippen MR) is 69.9 cm³/mol. The fourth-order valence-corrected chi connectivity index (χ4v) is 2.39. The number of rotatable bonds is 3. The van der Waals surface area contributed by atoms with Gasteiger partial charge in [0.15, 0.2) is 24.0 Å². The van der Waals surface area contributed by atoms with Crippen molar-refractivity contribution in [2.24, 2.45) is 0 Å². The Balaban J connectivity index is 2.66. The van der Waals surface area contributed by atoms with E-state index < -0.39 is 23.3 Å². The Morgan fingerprint density at radius 2 is 2.10 bits per heavy atom. The standard InChI is InChI=1S/C13H16N2O5/c1-7(2)15-9(20-3)5-14-4-8(6-16)11(17)12(18)10(14)13(15)19/h4,6-7,9,18H,5H2,1-3H3/t9-/m0/s1. The summed E-state index contributed by atoms with van der Waals surface area (Å²) in [4.78, 5) is 36.5. The molecule has 20 heavy (non-hydrogen) atoms. The lowest BCUT2D eigenvalue weighted by Gasteiger charge is -2.39. The van der Waals surface area contributed by atoms with Gasteiger partial charge in [0.05, 0.1) is 12.1 Å². The molecule has 0 aliphatic carbocycles. The number of aromatic nitrogens is 1. The molecule has 0 fully saturated rings. The molecule has 0 spiro atoms. The van der Waals surface area contributed by atoms with Crippen LogP contribution >= 0.6 is 0 Å². The number of carbonyl (C=O) groups is 2. The molecule has 0 aromatic carbocycles. The molecule has 0 radical (unpaired) electrons. The number of ether oxygens (including phenoxy) is 1. The monoisotopic (exact) mass is 280 g/mol. The van der Waals surface area contributed by atoms with Crippen molar-refractivity contribution in [1.82, 2.24) is 9.47 Å². The smallest absolute Gasteiger partial charge is 0.276 e. The van der Waals surface area contributed by atoms with Crippen molar-refractivity contribution in [3.05, 3.63) is 27.7 Å². The molecule has 7 heteroatoms. The van der Waals surface area contributed by atoms with Crippen LogP contribution in [0.3, 0.4) is 0 Å². The third kappa shape index (κ3) is 2.00. The Hall–Kier alpha value is -2.15. The molecule has 108 valence electrons. The van der Waals surface area contributed by atoms with Crippen molar-refractivity contribution >= 4 is 12.2 Å². The van der Waals surface area contributed by atoms with Gasteiger partial charge >= 0.3 is 0 Å². The largest absolute Gasteiger partial charge is 0.503 e. The number of methoxy groups -OCH3 is 1. The van der Waals surface area contributed by atoms with Crippen molar-refractivity contribution in [3.63, 3.8) is 0 Å². The van der Waals surface area contributed by atoms with E-state index in [1.165, 1.54) is 22.8 Å². The van der Waals surface area contributed by atoms with Gasteiger partial charge in [-0.15, -0.1) is 0 Å². The molecule has 0 saturated heterocycles. The van der Waals surface area contributed by atoms with Gasteiger partial charge in [0.1, 0.15) is 0 Å². The summed E-state index contributed by atoms with van der Waals surface area (Å²) in [5.41, 5.74) is -1.13. The van der Waals surface area contributed by atoms with Gasteiger partial charge in [-0.25, -0.2) is 0 Å². The van der Waals surface area contributed by atoms with E-state index in [2.05, 4.69) is 0 Å². The van der Waals surface area contributed by atoms with Crippen LogP contribution in [0.2, 0.25) is 0 Å². The second-order valence-corrected chi connectivity index (χ2v) is 4.88. The van der Waals surface area contributed by atoms with E-state index >= 15 is 0 Å². The van der Waals surface area contributed by atoms with E-state index in [1.54, 1.807) is 0 Å². The van der Waals surface area contributed by atoms with Crippen LogP contribution in [0.4, 0.5) is 0 Å². The number of carbonyl (C=O) groups excluding carboxylic acids is 2. The topological polar surface area (TPSA) is 88.8 Å². The van der Waals surface area contributed by atoms with Crippen LogP contribution in [0.25, 0.3) is 0 Å². The van der Waals surface area contributed by atoms with Gasteiger partial charge < -0.3 is 19.3 Å². The summed E-state index contributed by atoms with van der Waals surface area (Å²) in [6, 6.07) is -0.151. The third-order valence-corrected chi connectivity index (χ3v) is 3.34. The number of nitrogens with zero attached hydrogens (tertiary/aromatic N) is 2. The average molecular weight is 280 g/mol. The van der Waals surface area contributed by atoms with Crippen LogP contribution in [0, 0.1) is 0 Å². The van der Waals surface area contributed by atoms with Crippen molar-refractivity contribution in [2.45, 2.75) is 32.7 Å². The first-order valence-electron chi connectivity index (χ1n) is 6.19. The number of amides is 1. The molecule has 1 aliphatic rings. The van der Waals surface area contributed by atoms with Crippen molar-refractivity contribution < 1.29 is 19.4 Å². The Bertz CT molecular complexity index is 620. The Kier molecular flexibility index (Phi) is 3.63. The van der Waals surface area contributed by atoms with Gasteiger partial charge in [0.25, 0.3) is 5.91 Å². The number of hydrogen-bond donors (Lipinski definition) is 1. The number of aromatic hydroxyl groups is 1. The molecule has 2 heterocycles. The second kappa shape index (κ2) is 5.09. The first-order valence-corrected chi connectivity index (χ1v) is 6.19. The molecule has 1 amide bonds. The van der Waals surface area contributed by atoms with Gasteiger partial charge in [-0.1, -0.05) is 0 Å². The van der Waals surface area contributed by atoms with E-state index in [4.69, 9.17) is 4.74 Å². The average Bonchev–Trinajstić information content (AvgIpc) is 2.41. The van der Waals surface area contributed by atoms with Crippen LogP contribution in [0.5, 0.6) is 5.75 Å². The number of aldehydes is 1. The predicted octanol–water partition coefficient (Wildman–Crippen LogP) is 0.203. The second-order valence-electron chi connectivity index (χ2n) is 4.88. The molecule has 0 unspecified atom stereocenters. The molecule has 1 N–H and O–H groups in total. The van der Waals surface area contributed by atoms with Crippen LogP contribution < -0.4 is 5.43 Å². The zero-order valence-electron chi connectivity index (χ0n) is 11.5. The molecule has 2 rings (SSSR count). The summed E-state index contributed by atoms with van der Waals surface area (Å²) < 4.78 is 6.66. The van der Waals surface area contributed by atoms with Gasteiger partial charge in [-0.05, 0) is 13.8 Å². The molecular formula is C13H16N2O5. The maximum absolute atomic E-state index is 12.4. The van der Waals surface area contributed by atoms with E-state index in [0.29, 0.717) is 6.29 Å². The zero-order chi connectivity index (χ0) is 15.0. The highest BCUT2D eigenvalue weighted by atomic mass is 16.5. The minimum Gasteiger partial charge on any atom is -0.503 e. The summed E-state index contributed by atoms with van der Waals surface area (Å²) in [7, 11) is 1.47. The molecule has 1 atom stereocenters. The zero-order valence-corrected chi connectivity index (χ0v) is 11.5. The lowest BCUT2D eigenvalue weighted by atomic mass is 10.1. The quantitative estimate of drug-likeness (QED) is 0.799. The van der Waals surface area contributed by atoms with Crippen LogP contribution in [0.1, 0.15) is 34.7 Å². The summed E-state index contributed by atoms with van der Waals surface area (Å²) in [5.74, 6) is -1.19. The summed E-state index contributed by atoms with van der Waals surface area (Å²) in [6.07, 6.45) is 1.11. The molecule has 0 saturated carbocycles. The van der Waals surface area contributed by atoms with Crippen LogP contribution in [-0.2, 0) is 11.3 Å². The van der Waals surface area contributed by atoms with Gasteiger partial charge in [-0.2, -0.15) is 0 Å². The van der Waals surface area contributed by atoms with Crippen molar-refractivity contribution in [2.75, 3.05) is 7.11 Å². The number of fused-ring (bicyclic) bond motifs is 1. The fraction of sp³-hybridized carbons (Fsp3) is 0.462. The normalized spacial score (nSPS) is 18.3. The van der Waals surface area contributed by atoms with Gasteiger partial charge in [0.2, 0.25) is 5.43 Å². The summed E-state index contributed by atoms with van der Waals surface area (Å²) >= 11 is 0. The third-order valence-electron chi connectivity index (χ3n) is 3.34. The highest BCUT2D eigenvalue weighted by Gasteiger charge is 2.36. The minimum absolute atomic E-state index is 0.109. The van der Waals surface area contributed by atoms with Gasteiger partial charge in [-0.3, -0.25) is 14.4 Å². The molecule has 1 aromatic heterocycles. The van der Waals surface area contributed by atoms with E-state index in [1.807, 2.05) is 13.8 Å². The van der Waals surface area contributed by atoms with Crippen molar-refractivity contribution in [3.8, 4) is 5.75 Å². The SMILES string of the molecule is CO[C@H]1Cn2cc(C=O)c(=O)c(O)c2C(=O)N1C(C)C.